The molecule has 0 saturated carbocycles. The second kappa shape index (κ2) is 16.8. The molecule has 4 N–H and O–H groups in total. The highest BCUT2D eigenvalue weighted by Crippen LogP contribution is 2.37. The van der Waals surface area contributed by atoms with E-state index in [1.807, 2.05) is 55.1 Å². The Balaban J connectivity index is 0.783. The Morgan fingerprint density at radius 1 is 0.902 bits per heavy atom. The number of nitrogen functional groups attached to an aromatic ring is 1. The molecule has 4 amide bonds. The molecule has 4 aliphatic rings. The van der Waals surface area contributed by atoms with Gasteiger partial charge in [0.15, 0.2) is 5.82 Å². The van der Waals surface area contributed by atoms with E-state index in [4.69, 9.17) is 10.5 Å². The summed E-state index contributed by atoms with van der Waals surface area (Å²) in [6, 6.07) is 21.3. The van der Waals surface area contributed by atoms with E-state index in [2.05, 4.69) is 55.1 Å². The Labute approximate surface area is 356 Å². The van der Waals surface area contributed by atoms with Crippen molar-refractivity contribution in [3.63, 3.8) is 0 Å². The highest BCUT2D eigenvalue weighted by molar-refractivity contribution is 6.10. The minimum absolute atomic E-state index is 0.0764. The number of aromatic nitrogens is 3. The number of carbonyl (C=O) groups is 3. The molecule has 0 spiro atoms. The number of phenolic OH excluding ortho intramolecular Hbond substituents is 1. The van der Waals surface area contributed by atoms with Gasteiger partial charge in [-0.2, -0.15) is 0 Å². The number of hydrogen-bond donors (Lipinski definition) is 3. The number of nitrogens with one attached hydrogen (secondary N) is 1. The Morgan fingerprint density at radius 3 is 2.44 bits per heavy atom. The summed E-state index contributed by atoms with van der Waals surface area (Å²) in [5.74, 6) is 0.851. The standard InChI is InChI=1S/C47H55N9O5/c1-29-22-39-37(40(23-29)56-21-15-44(58)49-47(56)60)14-20-55(39)34-12-16-52(17-13-34)27-32-10-18-53(19-11-32)46(59)33-8-9-35(30(2)24-33)43-28-54(26-31(3)61-43)41-25-38(50-51-45(41)48)36-6-4-5-7-42(36)57/h4-9,14,20,22-25,31-32,34,43,57H,10-13,15-19,21,26-28H2,1-3H3,(H2,48,51)(H,49,58,60)/t31-,43-/m0/s1. The number of likely N-dealkylation sites (tertiary alicyclic amines) is 2. The van der Waals surface area contributed by atoms with Gasteiger partial charge in [-0.15, -0.1) is 10.2 Å². The monoisotopic (exact) mass is 825 g/mol. The molecule has 6 heterocycles. The van der Waals surface area contributed by atoms with Gasteiger partial charge >= 0.3 is 6.03 Å². The summed E-state index contributed by atoms with van der Waals surface area (Å²) in [6.07, 6.45) is 6.23. The number of piperidine rings is 2. The van der Waals surface area contributed by atoms with Crippen LogP contribution in [0.15, 0.2) is 72.9 Å². The molecule has 4 fully saturated rings. The Hall–Kier alpha value is -5.99. The molecule has 0 aliphatic carbocycles. The zero-order valence-electron chi connectivity index (χ0n) is 35.2. The number of ether oxygens (including phenoxy) is 1. The van der Waals surface area contributed by atoms with Crippen molar-refractivity contribution in [2.24, 2.45) is 5.92 Å². The van der Waals surface area contributed by atoms with E-state index in [9.17, 15) is 19.5 Å². The number of rotatable bonds is 8. The maximum atomic E-state index is 13.8. The molecule has 14 nitrogen and oxygen atoms in total. The molecule has 0 unspecified atom stereocenters. The van der Waals surface area contributed by atoms with Crippen LogP contribution in [0.3, 0.4) is 0 Å². The van der Waals surface area contributed by atoms with Gasteiger partial charge in [-0.3, -0.25) is 19.8 Å². The highest BCUT2D eigenvalue weighted by atomic mass is 16.5. The van der Waals surface area contributed by atoms with E-state index < -0.39 is 0 Å². The quantitative estimate of drug-likeness (QED) is 0.155. The number of aromatic hydroxyl groups is 1. The van der Waals surface area contributed by atoms with Gasteiger partial charge in [0.1, 0.15) is 11.9 Å². The van der Waals surface area contributed by atoms with Crippen molar-refractivity contribution in [1.29, 1.82) is 0 Å². The molecule has 61 heavy (non-hydrogen) atoms. The van der Waals surface area contributed by atoms with Crippen molar-refractivity contribution in [1.82, 2.24) is 29.9 Å². The number of hydrogen-bond acceptors (Lipinski definition) is 10. The van der Waals surface area contributed by atoms with Gasteiger partial charge in [0.2, 0.25) is 5.91 Å². The maximum absolute atomic E-state index is 13.8. The van der Waals surface area contributed by atoms with Crippen molar-refractivity contribution < 1.29 is 24.2 Å². The van der Waals surface area contributed by atoms with Gasteiger partial charge in [-0.05, 0) is 118 Å². The van der Waals surface area contributed by atoms with Crippen LogP contribution in [0, 0.1) is 19.8 Å². The number of morpholine rings is 1. The van der Waals surface area contributed by atoms with Gasteiger partial charge in [-0.25, -0.2) is 4.79 Å². The number of carbonyl (C=O) groups excluding carboxylic acids is 3. The lowest BCUT2D eigenvalue weighted by Crippen LogP contribution is -2.49. The molecule has 0 radical (unpaired) electrons. The van der Waals surface area contributed by atoms with E-state index in [1.54, 1.807) is 23.1 Å². The average Bonchev–Trinajstić information content (AvgIpc) is 3.68. The number of urea groups is 1. The van der Waals surface area contributed by atoms with Crippen LogP contribution in [0.1, 0.15) is 78.2 Å². The fourth-order valence-corrected chi connectivity index (χ4v) is 9.92. The van der Waals surface area contributed by atoms with Gasteiger partial charge in [0, 0.05) is 87.5 Å². The van der Waals surface area contributed by atoms with E-state index in [0.29, 0.717) is 60.7 Å². The van der Waals surface area contributed by atoms with Crippen molar-refractivity contribution in [2.45, 2.75) is 71.1 Å². The summed E-state index contributed by atoms with van der Waals surface area (Å²) >= 11 is 0. The van der Waals surface area contributed by atoms with Crippen molar-refractivity contribution in [2.75, 3.05) is 67.9 Å². The van der Waals surface area contributed by atoms with E-state index in [0.717, 1.165) is 97.4 Å². The van der Waals surface area contributed by atoms with Gasteiger partial charge in [-0.1, -0.05) is 18.2 Å². The topological polar surface area (TPSA) is 162 Å². The smallest absolute Gasteiger partial charge is 0.328 e. The molecular weight excluding hydrogens is 771 g/mol. The molecular formula is C47H55N9O5. The van der Waals surface area contributed by atoms with Crippen LogP contribution in [0.2, 0.25) is 0 Å². The second-order valence-electron chi connectivity index (χ2n) is 17.4. The molecule has 9 rings (SSSR count). The van der Waals surface area contributed by atoms with Crippen LogP contribution < -0.4 is 20.9 Å². The molecule has 2 aromatic heterocycles. The van der Waals surface area contributed by atoms with Crippen LogP contribution in [0.5, 0.6) is 5.75 Å². The van der Waals surface area contributed by atoms with Crippen molar-refractivity contribution in [3.8, 4) is 17.0 Å². The second-order valence-corrected chi connectivity index (χ2v) is 17.4. The number of phenols is 1. The third-order valence-corrected chi connectivity index (χ3v) is 13.1. The van der Waals surface area contributed by atoms with E-state index in [-0.39, 0.29) is 35.8 Å². The zero-order chi connectivity index (χ0) is 42.4. The first-order valence-corrected chi connectivity index (χ1v) is 21.7. The molecule has 318 valence electrons. The number of anilines is 3. The number of nitrogens with two attached hydrogens (primary N) is 1. The maximum Gasteiger partial charge on any atom is 0.328 e. The Kier molecular flexibility index (Phi) is 11.1. The predicted molar refractivity (Wildman–Crippen MR) is 236 cm³/mol. The van der Waals surface area contributed by atoms with E-state index >= 15 is 0 Å². The average molecular weight is 826 g/mol. The molecule has 3 aromatic carbocycles. The van der Waals surface area contributed by atoms with Gasteiger partial charge in [0.05, 0.1) is 28.7 Å². The van der Waals surface area contributed by atoms with Crippen LogP contribution >= 0.6 is 0 Å². The summed E-state index contributed by atoms with van der Waals surface area (Å²) in [6.45, 7) is 12.3. The third-order valence-electron chi connectivity index (χ3n) is 13.1. The number of benzene rings is 3. The zero-order valence-corrected chi connectivity index (χ0v) is 35.2. The fraction of sp³-hybridized carbons (Fsp3) is 0.426. The van der Waals surface area contributed by atoms with Crippen LogP contribution in [0.4, 0.5) is 22.0 Å². The highest BCUT2D eigenvalue weighted by Gasteiger charge is 2.32. The fourth-order valence-electron chi connectivity index (χ4n) is 9.92. The minimum Gasteiger partial charge on any atom is -0.507 e. The van der Waals surface area contributed by atoms with Crippen LogP contribution in [0.25, 0.3) is 22.2 Å². The lowest BCUT2D eigenvalue weighted by Gasteiger charge is -2.39. The normalized spacial score (nSPS) is 21.0. The Bertz CT molecular complexity index is 2470. The molecule has 5 aromatic rings. The molecule has 14 heteroatoms. The molecule has 0 bridgehead atoms. The summed E-state index contributed by atoms with van der Waals surface area (Å²) < 4.78 is 8.85. The molecule has 2 atom stereocenters. The first-order valence-electron chi connectivity index (χ1n) is 21.7. The third kappa shape index (κ3) is 8.26. The summed E-state index contributed by atoms with van der Waals surface area (Å²) in [5, 5.41) is 22.4. The summed E-state index contributed by atoms with van der Waals surface area (Å²) in [5.41, 5.74) is 14.1. The summed E-state index contributed by atoms with van der Waals surface area (Å²) in [4.78, 5) is 46.8. The van der Waals surface area contributed by atoms with E-state index in [1.165, 1.54) is 0 Å². The van der Waals surface area contributed by atoms with Gasteiger partial charge in [0.25, 0.3) is 5.91 Å². The number of para-hydroxylation sites is 1. The minimum atomic E-state index is -0.355. The van der Waals surface area contributed by atoms with Crippen molar-refractivity contribution in [3.05, 3.63) is 95.2 Å². The first-order chi connectivity index (χ1) is 29.5. The molecule has 4 saturated heterocycles. The number of aryl methyl sites for hydroxylation is 2. The molecule has 4 aliphatic heterocycles. The summed E-state index contributed by atoms with van der Waals surface area (Å²) in [7, 11) is 0. The van der Waals surface area contributed by atoms with Gasteiger partial charge < -0.3 is 34.8 Å². The number of imide groups is 1. The predicted octanol–water partition coefficient (Wildman–Crippen LogP) is 6.60. The number of nitrogens with zero attached hydrogens (tertiary/aromatic N) is 7. The Morgan fingerprint density at radius 2 is 1.69 bits per heavy atom. The van der Waals surface area contributed by atoms with Crippen molar-refractivity contribution >= 4 is 45.9 Å². The lowest BCUT2D eigenvalue weighted by molar-refractivity contribution is -0.120. The first kappa shape index (κ1) is 40.4. The lowest BCUT2D eigenvalue weighted by atomic mass is 9.93. The number of fused-ring (bicyclic) bond motifs is 1. The number of amides is 4. The van der Waals surface area contributed by atoms with Crippen LogP contribution in [-0.4, -0.2) is 106 Å². The van der Waals surface area contributed by atoms with Crippen LogP contribution in [-0.2, 0) is 9.53 Å². The SMILES string of the molecule is Cc1cc(N2CCC(=O)NC2=O)c2ccn(C3CCN(CC4CCN(C(=O)c5ccc([C@@H]6CN(c7cc(-c8ccccc8O)nnc7N)C[C@H](C)O6)c(C)c5)CC4)CC3)c2c1. The largest absolute Gasteiger partial charge is 0.507 e.